The summed E-state index contributed by atoms with van der Waals surface area (Å²) < 4.78 is 0. The number of pyridine rings is 2. The molecule has 198 valence electrons. The van der Waals surface area contributed by atoms with Crippen LogP contribution in [-0.4, -0.2) is 29.6 Å². The molecule has 6 heteroatoms. The molecule has 3 N–H and O–H groups in total. The summed E-state index contributed by atoms with van der Waals surface area (Å²) in [5.41, 5.74) is 5.85. The minimum absolute atomic E-state index is 0.790. The minimum Gasteiger partial charge on any atom is -0.370 e. The normalized spacial score (nSPS) is 14.0. The zero-order valence-electron chi connectivity index (χ0n) is 22.9. The number of rotatable bonds is 14. The molecule has 1 aliphatic heterocycles. The molecule has 1 fully saturated rings. The first-order valence-electron chi connectivity index (χ1n) is 13.7. The van der Waals surface area contributed by atoms with Crippen LogP contribution in [0.5, 0.6) is 0 Å². The lowest BCUT2D eigenvalue weighted by Gasteiger charge is -2.28. The van der Waals surface area contributed by atoms with Crippen molar-refractivity contribution in [2.24, 2.45) is 0 Å². The monoisotopic (exact) mass is 500 g/mol. The van der Waals surface area contributed by atoms with Crippen LogP contribution in [0, 0.1) is 6.92 Å². The predicted octanol–water partition coefficient (Wildman–Crippen LogP) is 7.55. The molecule has 0 radical (unpaired) electrons. The van der Waals surface area contributed by atoms with Gasteiger partial charge in [0.15, 0.2) is 0 Å². The van der Waals surface area contributed by atoms with Crippen molar-refractivity contribution in [3.63, 3.8) is 0 Å². The third-order valence-electron chi connectivity index (χ3n) is 6.51. The van der Waals surface area contributed by atoms with Gasteiger partial charge in [0, 0.05) is 48.4 Å². The Balaban J connectivity index is 1.91. The Hall–Kier alpha value is -3.54. The zero-order valence-corrected chi connectivity index (χ0v) is 22.9. The van der Waals surface area contributed by atoms with Crippen molar-refractivity contribution in [3.05, 3.63) is 79.1 Å². The lowest BCUT2D eigenvalue weighted by Crippen LogP contribution is -2.30. The average molecular weight is 501 g/mol. The van der Waals surface area contributed by atoms with Crippen LogP contribution in [-0.2, 0) is 0 Å². The van der Waals surface area contributed by atoms with E-state index in [1.807, 2.05) is 12.4 Å². The summed E-state index contributed by atoms with van der Waals surface area (Å²) in [4.78, 5) is 12.1. The van der Waals surface area contributed by atoms with E-state index in [0.717, 1.165) is 77.9 Å². The number of anilines is 3. The van der Waals surface area contributed by atoms with E-state index in [1.165, 1.54) is 32.1 Å². The van der Waals surface area contributed by atoms with Crippen LogP contribution in [0.15, 0.2) is 73.4 Å². The zero-order chi connectivity index (χ0) is 26.5. The summed E-state index contributed by atoms with van der Waals surface area (Å²) in [7, 11) is 0. The van der Waals surface area contributed by atoms with Crippen LogP contribution in [0.3, 0.4) is 0 Å². The molecule has 0 aromatic carbocycles. The van der Waals surface area contributed by atoms with Gasteiger partial charge in [-0.05, 0) is 69.0 Å². The number of hydrogen-bond acceptors (Lipinski definition) is 6. The van der Waals surface area contributed by atoms with Gasteiger partial charge in [0.1, 0.15) is 11.6 Å². The molecule has 0 aliphatic carbocycles. The van der Waals surface area contributed by atoms with Gasteiger partial charge in [-0.2, -0.15) is 0 Å². The third kappa shape index (κ3) is 8.52. The molecule has 0 unspecified atom stereocenters. The van der Waals surface area contributed by atoms with E-state index in [0.29, 0.717) is 0 Å². The molecular weight excluding hydrogens is 456 g/mol. The maximum atomic E-state index is 5.00. The highest BCUT2D eigenvalue weighted by molar-refractivity contribution is 5.75. The molecule has 3 rings (SSSR count). The van der Waals surface area contributed by atoms with Gasteiger partial charge in [-0.1, -0.05) is 52.0 Å². The molecule has 2 aromatic heterocycles. The fourth-order valence-corrected chi connectivity index (χ4v) is 4.41. The van der Waals surface area contributed by atoms with Crippen molar-refractivity contribution in [1.29, 1.82) is 0 Å². The number of nitrogens with zero attached hydrogens (tertiary/aromatic N) is 3. The van der Waals surface area contributed by atoms with Crippen LogP contribution < -0.4 is 20.9 Å². The SMILES string of the molecule is C=CN/C=C(\C=C/CC)C(=C)Nc1cnc(C)c(-c2cc(NCCCCC)nc(N3CCCCC3)c2)c1. The molecule has 1 aliphatic rings. The smallest absolute Gasteiger partial charge is 0.131 e. The maximum Gasteiger partial charge on any atom is 0.131 e. The largest absolute Gasteiger partial charge is 0.370 e. The number of aromatic nitrogens is 2. The molecule has 0 amide bonds. The molecule has 0 atom stereocenters. The number of allylic oxidation sites excluding steroid dienone is 2. The second kappa shape index (κ2) is 14.9. The predicted molar refractivity (Wildman–Crippen MR) is 160 cm³/mol. The van der Waals surface area contributed by atoms with Gasteiger partial charge >= 0.3 is 0 Å². The molecule has 37 heavy (non-hydrogen) atoms. The first kappa shape index (κ1) is 28.0. The summed E-state index contributed by atoms with van der Waals surface area (Å²) in [5, 5.41) is 10.1. The van der Waals surface area contributed by atoms with E-state index in [-0.39, 0.29) is 0 Å². The quantitative estimate of drug-likeness (QED) is 0.184. The van der Waals surface area contributed by atoms with Crippen LogP contribution in [0.1, 0.15) is 64.5 Å². The summed E-state index contributed by atoms with van der Waals surface area (Å²) >= 11 is 0. The summed E-state index contributed by atoms with van der Waals surface area (Å²) in [6, 6.07) is 6.53. The Bertz CT molecular complexity index is 1090. The first-order chi connectivity index (χ1) is 18.0. The molecule has 0 bridgehead atoms. The van der Waals surface area contributed by atoms with E-state index < -0.39 is 0 Å². The van der Waals surface area contributed by atoms with Crippen LogP contribution in [0.25, 0.3) is 11.1 Å². The van der Waals surface area contributed by atoms with Crippen molar-refractivity contribution < 1.29 is 0 Å². The van der Waals surface area contributed by atoms with Crippen LogP contribution >= 0.6 is 0 Å². The van der Waals surface area contributed by atoms with Gasteiger partial charge < -0.3 is 20.9 Å². The van der Waals surface area contributed by atoms with Crippen LogP contribution in [0.2, 0.25) is 0 Å². The standard InChI is InChI=1S/C31H44N6/c1-6-9-12-16-33-30-19-27(20-31(36-30)37-17-13-11-14-18-37)29-21-28(23-34-25(29)5)35-24(4)26(15-10-7-2)22-32-8-3/h8,10,15,19-23,32,35H,3-4,6-7,9,11-14,16-18H2,1-2,5H3,(H,33,36)/b15-10-,26-22+. The van der Waals surface area contributed by atoms with Crippen molar-refractivity contribution in [2.45, 2.75) is 65.7 Å². The molecule has 6 nitrogen and oxygen atoms in total. The van der Waals surface area contributed by atoms with Gasteiger partial charge in [0.25, 0.3) is 0 Å². The van der Waals surface area contributed by atoms with Crippen molar-refractivity contribution in [3.8, 4) is 11.1 Å². The maximum absolute atomic E-state index is 5.00. The lowest BCUT2D eigenvalue weighted by atomic mass is 10.0. The Morgan fingerprint density at radius 1 is 1.11 bits per heavy atom. The number of aryl methyl sites for hydroxylation is 1. The van der Waals surface area contributed by atoms with Crippen LogP contribution in [0.4, 0.5) is 17.3 Å². The summed E-state index contributed by atoms with van der Waals surface area (Å²) in [6.07, 6.45) is 17.8. The number of nitrogens with one attached hydrogen (secondary N) is 3. The molecule has 3 heterocycles. The number of unbranched alkanes of at least 4 members (excludes halogenated alkanes) is 2. The topological polar surface area (TPSA) is 65.1 Å². The summed E-state index contributed by atoms with van der Waals surface area (Å²) in [5.74, 6) is 1.98. The highest BCUT2D eigenvalue weighted by atomic mass is 15.2. The van der Waals surface area contributed by atoms with E-state index in [4.69, 9.17) is 9.97 Å². The number of piperidine rings is 1. The van der Waals surface area contributed by atoms with Crippen molar-refractivity contribution in [1.82, 2.24) is 15.3 Å². The molecule has 0 spiro atoms. The average Bonchev–Trinajstić information content (AvgIpc) is 2.92. The highest BCUT2D eigenvalue weighted by Crippen LogP contribution is 2.31. The fourth-order valence-electron chi connectivity index (χ4n) is 4.41. The van der Waals surface area contributed by atoms with Gasteiger partial charge in [0.2, 0.25) is 0 Å². The van der Waals surface area contributed by atoms with Crippen molar-refractivity contribution in [2.75, 3.05) is 35.2 Å². The van der Waals surface area contributed by atoms with E-state index in [9.17, 15) is 0 Å². The molecular formula is C31H44N6. The van der Waals surface area contributed by atoms with Gasteiger partial charge in [-0.25, -0.2) is 4.98 Å². The Labute approximate surface area is 223 Å². The Kier molecular flexibility index (Phi) is 11.3. The third-order valence-corrected chi connectivity index (χ3v) is 6.51. The second-order valence-electron chi connectivity index (χ2n) is 9.52. The van der Waals surface area contributed by atoms with Crippen molar-refractivity contribution >= 4 is 17.3 Å². The lowest BCUT2D eigenvalue weighted by molar-refractivity contribution is 0.573. The van der Waals surface area contributed by atoms with Gasteiger partial charge in [0.05, 0.1) is 11.9 Å². The molecule has 0 saturated carbocycles. The first-order valence-corrected chi connectivity index (χ1v) is 13.7. The van der Waals surface area contributed by atoms with E-state index in [1.54, 1.807) is 6.20 Å². The van der Waals surface area contributed by atoms with E-state index >= 15 is 0 Å². The molecule has 2 aromatic rings. The second-order valence-corrected chi connectivity index (χ2v) is 9.52. The minimum atomic E-state index is 0.790. The Morgan fingerprint density at radius 3 is 2.65 bits per heavy atom. The van der Waals surface area contributed by atoms with E-state index in [2.05, 4.69) is 85.1 Å². The molecule has 1 saturated heterocycles. The summed E-state index contributed by atoms with van der Waals surface area (Å²) in [6.45, 7) is 17.4. The van der Waals surface area contributed by atoms with Gasteiger partial charge in [-0.15, -0.1) is 0 Å². The number of hydrogen-bond donors (Lipinski definition) is 3. The highest BCUT2D eigenvalue weighted by Gasteiger charge is 2.16. The van der Waals surface area contributed by atoms with Gasteiger partial charge in [-0.3, -0.25) is 4.98 Å². The Morgan fingerprint density at radius 2 is 1.92 bits per heavy atom. The fraction of sp³-hybridized carbons (Fsp3) is 0.419.